The van der Waals surface area contributed by atoms with Gasteiger partial charge in [-0.25, -0.2) is 0 Å². The topological polar surface area (TPSA) is 46.2 Å². The molecule has 0 aliphatic heterocycles. The third-order valence-corrected chi connectivity index (χ3v) is 3.07. The molecular formula is C16H31NO. The zero-order chi connectivity index (χ0) is 13.5. The molecule has 0 saturated heterocycles. The highest BCUT2D eigenvalue weighted by atomic mass is 16.3. The summed E-state index contributed by atoms with van der Waals surface area (Å²) in [5.41, 5.74) is 5.45. The fourth-order valence-corrected chi connectivity index (χ4v) is 1.99. The number of aliphatic hydroxyl groups excluding tert-OH is 1. The third-order valence-electron chi connectivity index (χ3n) is 3.07. The van der Waals surface area contributed by atoms with Crippen molar-refractivity contribution in [1.29, 1.82) is 0 Å². The fourth-order valence-electron chi connectivity index (χ4n) is 1.99. The largest absolute Gasteiger partial charge is 0.381 e. The average Bonchev–Trinajstić information content (AvgIpc) is 2.34. The van der Waals surface area contributed by atoms with E-state index in [0.29, 0.717) is 0 Å². The Labute approximate surface area is 113 Å². The van der Waals surface area contributed by atoms with Crippen LogP contribution in [0.4, 0.5) is 0 Å². The summed E-state index contributed by atoms with van der Waals surface area (Å²) >= 11 is 0. The van der Waals surface area contributed by atoms with E-state index in [9.17, 15) is 0 Å². The Morgan fingerprint density at radius 3 is 1.72 bits per heavy atom. The number of hydrogen-bond donors (Lipinski definition) is 2. The van der Waals surface area contributed by atoms with Crippen molar-refractivity contribution in [2.45, 2.75) is 83.7 Å². The molecular weight excluding hydrogens is 222 g/mol. The van der Waals surface area contributed by atoms with Crippen LogP contribution in [0.25, 0.3) is 0 Å². The predicted octanol–water partition coefficient (Wildman–Crippen LogP) is 3.62. The summed E-state index contributed by atoms with van der Waals surface area (Å²) in [7, 11) is 0. The Kier molecular flexibility index (Phi) is 14.1. The lowest BCUT2D eigenvalue weighted by Crippen LogP contribution is -1.97. The molecule has 2 nitrogen and oxygen atoms in total. The molecule has 0 spiro atoms. The lowest BCUT2D eigenvalue weighted by molar-refractivity contribution is 0.253. The molecule has 0 aromatic rings. The second-order valence-corrected chi connectivity index (χ2v) is 5.07. The van der Waals surface area contributed by atoms with Gasteiger partial charge in [0.25, 0.3) is 0 Å². The SMILES string of the molecule is CC(O)C#CCCCCCCCCCCCCN. The number of rotatable bonds is 11. The van der Waals surface area contributed by atoms with E-state index in [1.165, 1.54) is 64.2 Å². The molecule has 0 aromatic heterocycles. The van der Waals surface area contributed by atoms with Gasteiger partial charge in [0.2, 0.25) is 0 Å². The van der Waals surface area contributed by atoms with Crippen LogP contribution in [-0.2, 0) is 0 Å². The summed E-state index contributed by atoms with van der Waals surface area (Å²) in [5, 5.41) is 8.95. The molecule has 0 aliphatic rings. The third kappa shape index (κ3) is 15.5. The van der Waals surface area contributed by atoms with Gasteiger partial charge in [-0.05, 0) is 26.3 Å². The zero-order valence-electron chi connectivity index (χ0n) is 12.1. The molecule has 1 atom stereocenters. The van der Waals surface area contributed by atoms with Gasteiger partial charge >= 0.3 is 0 Å². The summed E-state index contributed by atoms with van der Waals surface area (Å²) in [6, 6.07) is 0. The Balaban J connectivity index is 3.02. The zero-order valence-corrected chi connectivity index (χ0v) is 12.1. The van der Waals surface area contributed by atoms with Gasteiger partial charge in [-0.15, -0.1) is 5.92 Å². The van der Waals surface area contributed by atoms with E-state index >= 15 is 0 Å². The van der Waals surface area contributed by atoms with E-state index in [1.54, 1.807) is 6.92 Å². The van der Waals surface area contributed by atoms with Gasteiger partial charge in [0.15, 0.2) is 0 Å². The van der Waals surface area contributed by atoms with Crippen LogP contribution >= 0.6 is 0 Å². The predicted molar refractivity (Wildman–Crippen MR) is 79.3 cm³/mol. The number of hydrogen-bond acceptors (Lipinski definition) is 2. The second kappa shape index (κ2) is 14.5. The van der Waals surface area contributed by atoms with Gasteiger partial charge in [-0.2, -0.15) is 0 Å². The Bertz CT molecular complexity index is 215. The summed E-state index contributed by atoms with van der Waals surface area (Å²) in [6.45, 7) is 2.55. The fraction of sp³-hybridized carbons (Fsp3) is 0.875. The molecule has 0 aromatic carbocycles. The lowest BCUT2D eigenvalue weighted by Gasteiger charge is -2.01. The van der Waals surface area contributed by atoms with Crippen molar-refractivity contribution in [3.63, 3.8) is 0 Å². The van der Waals surface area contributed by atoms with E-state index in [1.807, 2.05) is 0 Å². The maximum absolute atomic E-state index is 8.95. The molecule has 0 fully saturated rings. The van der Waals surface area contributed by atoms with Crippen molar-refractivity contribution in [3.8, 4) is 11.8 Å². The van der Waals surface area contributed by atoms with Crippen LogP contribution in [0.3, 0.4) is 0 Å². The van der Waals surface area contributed by atoms with Crippen molar-refractivity contribution in [1.82, 2.24) is 0 Å². The van der Waals surface area contributed by atoms with Crippen molar-refractivity contribution >= 4 is 0 Å². The standard InChI is InChI=1S/C16H31NO/c1-16(18)14-12-10-8-6-4-2-3-5-7-9-11-13-15-17/h16,18H,2-11,13,15,17H2,1H3. The molecule has 0 radical (unpaired) electrons. The van der Waals surface area contributed by atoms with Gasteiger partial charge < -0.3 is 10.8 Å². The molecule has 2 heteroatoms. The van der Waals surface area contributed by atoms with Crippen LogP contribution < -0.4 is 5.73 Å². The molecule has 0 heterocycles. The van der Waals surface area contributed by atoms with E-state index in [4.69, 9.17) is 10.8 Å². The van der Waals surface area contributed by atoms with Crippen LogP contribution in [0.2, 0.25) is 0 Å². The van der Waals surface area contributed by atoms with Gasteiger partial charge in [-0.3, -0.25) is 0 Å². The first-order chi connectivity index (χ1) is 8.77. The number of nitrogens with two attached hydrogens (primary N) is 1. The smallest absolute Gasteiger partial charge is 0.111 e. The highest BCUT2D eigenvalue weighted by Gasteiger charge is 1.92. The Morgan fingerprint density at radius 1 is 0.833 bits per heavy atom. The molecule has 18 heavy (non-hydrogen) atoms. The normalized spacial score (nSPS) is 11.9. The average molecular weight is 253 g/mol. The van der Waals surface area contributed by atoms with E-state index in [2.05, 4.69) is 11.8 Å². The number of aliphatic hydroxyl groups is 1. The van der Waals surface area contributed by atoms with Crippen LogP contribution in [0.5, 0.6) is 0 Å². The minimum atomic E-state index is -0.468. The summed E-state index contributed by atoms with van der Waals surface area (Å²) in [6.07, 6.45) is 13.6. The van der Waals surface area contributed by atoms with Gasteiger partial charge in [0, 0.05) is 6.42 Å². The number of unbranched alkanes of at least 4 members (excludes halogenated alkanes) is 10. The molecule has 0 amide bonds. The van der Waals surface area contributed by atoms with Crippen molar-refractivity contribution in [2.75, 3.05) is 6.54 Å². The molecule has 0 saturated carbocycles. The molecule has 1 unspecified atom stereocenters. The molecule has 106 valence electrons. The highest BCUT2D eigenvalue weighted by molar-refractivity contribution is 5.02. The maximum Gasteiger partial charge on any atom is 0.111 e. The van der Waals surface area contributed by atoms with Gasteiger partial charge in [-0.1, -0.05) is 57.3 Å². The summed E-state index contributed by atoms with van der Waals surface area (Å²) < 4.78 is 0. The van der Waals surface area contributed by atoms with Crippen molar-refractivity contribution in [3.05, 3.63) is 0 Å². The maximum atomic E-state index is 8.95. The van der Waals surface area contributed by atoms with Gasteiger partial charge in [0.1, 0.15) is 6.10 Å². The molecule has 3 N–H and O–H groups in total. The van der Waals surface area contributed by atoms with Crippen LogP contribution in [0, 0.1) is 11.8 Å². The molecule has 0 rings (SSSR count). The highest BCUT2D eigenvalue weighted by Crippen LogP contribution is 2.10. The first-order valence-electron chi connectivity index (χ1n) is 7.64. The molecule has 0 bridgehead atoms. The minimum absolute atomic E-state index is 0.468. The Morgan fingerprint density at radius 2 is 1.28 bits per heavy atom. The first-order valence-corrected chi connectivity index (χ1v) is 7.64. The van der Waals surface area contributed by atoms with Crippen LogP contribution in [-0.4, -0.2) is 17.8 Å². The van der Waals surface area contributed by atoms with E-state index in [-0.39, 0.29) is 0 Å². The summed E-state index contributed by atoms with van der Waals surface area (Å²) in [5.74, 6) is 5.78. The summed E-state index contributed by atoms with van der Waals surface area (Å²) in [4.78, 5) is 0. The van der Waals surface area contributed by atoms with Crippen molar-refractivity contribution in [2.24, 2.45) is 5.73 Å². The van der Waals surface area contributed by atoms with E-state index in [0.717, 1.165) is 13.0 Å². The lowest BCUT2D eigenvalue weighted by atomic mass is 10.1. The van der Waals surface area contributed by atoms with Crippen LogP contribution in [0.1, 0.15) is 77.6 Å². The monoisotopic (exact) mass is 253 g/mol. The first kappa shape index (κ1) is 17.5. The van der Waals surface area contributed by atoms with Crippen LogP contribution in [0.15, 0.2) is 0 Å². The minimum Gasteiger partial charge on any atom is -0.381 e. The van der Waals surface area contributed by atoms with E-state index < -0.39 is 6.10 Å². The quantitative estimate of drug-likeness (QED) is 0.436. The second-order valence-electron chi connectivity index (χ2n) is 5.07. The van der Waals surface area contributed by atoms with Gasteiger partial charge in [0.05, 0.1) is 0 Å². The van der Waals surface area contributed by atoms with Crippen molar-refractivity contribution < 1.29 is 5.11 Å². The Hall–Kier alpha value is -0.520. The molecule has 0 aliphatic carbocycles.